The lowest BCUT2D eigenvalue weighted by molar-refractivity contribution is 0.192. The minimum atomic E-state index is -3.50. The van der Waals surface area contributed by atoms with Crippen LogP contribution in [0.2, 0.25) is 0 Å². The van der Waals surface area contributed by atoms with Gasteiger partial charge in [-0.15, -0.1) is 4.40 Å². The highest BCUT2D eigenvalue weighted by Crippen LogP contribution is 2.32. The topological polar surface area (TPSA) is 49.7 Å². The van der Waals surface area contributed by atoms with Crippen molar-refractivity contribution in [3.8, 4) is 0 Å². The number of fused-ring (bicyclic) bond motifs is 1. The van der Waals surface area contributed by atoms with Crippen molar-refractivity contribution in [3.05, 3.63) is 29.8 Å². The van der Waals surface area contributed by atoms with Gasteiger partial charge < -0.3 is 4.90 Å². The first-order valence-corrected chi connectivity index (χ1v) is 8.17. The molecule has 1 aromatic rings. The molecular formula is C14H18N2O2S. The van der Waals surface area contributed by atoms with Crippen molar-refractivity contribution in [2.45, 2.75) is 50.1 Å². The Morgan fingerprint density at radius 3 is 2.47 bits per heavy atom. The zero-order chi connectivity index (χ0) is 13.6. The van der Waals surface area contributed by atoms with Gasteiger partial charge in [-0.2, -0.15) is 8.42 Å². The van der Waals surface area contributed by atoms with Crippen molar-refractivity contribution in [2.24, 2.45) is 4.40 Å². The zero-order valence-electron chi connectivity index (χ0n) is 11.2. The van der Waals surface area contributed by atoms with Gasteiger partial charge in [-0.3, -0.25) is 0 Å². The van der Waals surface area contributed by atoms with E-state index in [9.17, 15) is 8.42 Å². The fourth-order valence-corrected chi connectivity index (χ4v) is 4.32. The van der Waals surface area contributed by atoms with E-state index in [1.165, 1.54) is 6.42 Å². The molecule has 2 heterocycles. The summed E-state index contributed by atoms with van der Waals surface area (Å²) in [6.07, 6.45) is 3.37. The van der Waals surface area contributed by atoms with Crippen LogP contribution in [0.3, 0.4) is 0 Å². The van der Waals surface area contributed by atoms with E-state index < -0.39 is 10.0 Å². The first kappa shape index (κ1) is 12.7. The van der Waals surface area contributed by atoms with Crippen LogP contribution in [0, 0.1) is 0 Å². The molecule has 0 unspecified atom stereocenters. The van der Waals surface area contributed by atoms with Gasteiger partial charge in [-0.1, -0.05) is 12.1 Å². The van der Waals surface area contributed by atoms with Gasteiger partial charge in [0.25, 0.3) is 10.0 Å². The van der Waals surface area contributed by atoms with E-state index in [0.29, 0.717) is 22.8 Å². The molecule has 0 bridgehead atoms. The Kier molecular flexibility index (Phi) is 2.89. The number of nitrogens with zero attached hydrogens (tertiary/aromatic N) is 2. The SMILES string of the molecule is C[C@@H]1CCC[C@H](C)N1C1=NS(=O)(=O)c2ccccc21. The van der Waals surface area contributed by atoms with E-state index in [1.807, 2.05) is 12.1 Å². The lowest BCUT2D eigenvalue weighted by Crippen LogP contribution is -2.47. The van der Waals surface area contributed by atoms with Gasteiger partial charge >= 0.3 is 0 Å². The molecule has 0 amide bonds. The molecule has 5 heteroatoms. The number of rotatable bonds is 0. The molecule has 0 aromatic heterocycles. The smallest absolute Gasteiger partial charge is 0.285 e. The number of amidine groups is 1. The summed E-state index contributed by atoms with van der Waals surface area (Å²) in [6, 6.07) is 7.78. The molecular weight excluding hydrogens is 260 g/mol. The summed E-state index contributed by atoms with van der Waals surface area (Å²) < 4.78 is 28.2. The third-order valence-electron chi connectivity index (χ3n) is 4.05. The van der Waals surface area contributed by atoms with Crippen LogP contribution in [0.25, 0.3) is 0 Å². The van der Waals surface area contributed by atoms with E-state index in [4.69, 9.17) is 0 Å². The van der Waals surface area contributed by atoms with Gasteiger partial charge in [0.2, 0.25) is 0 Å². The number of hydrogen-bond donors (Lipinski definition) is 0. The first-order valence-electron chi connectivity index (χ1n) is 6.73. The predicted molar refractivity (Wildman–Crippen MR) is 74.8 cm³/mol. The maximum atomic E-state index is 12.1. The fraction of sp³-hybridized carbons (Fsp3) is 0.500. The van der Waals surface area contributed by atoms with Crippen LogP contribution in [-0.4, -0.2) is 31.2 Å². The molecule has 1 saturated heterocycles. The van der Waals surface area contributed by atoms with E-state index in [2.05, 4.69) is 23.1 Å². The second-order valence-electron chi connectivity index (χ2n) is 5.42. The van der Waals surface area contributed by atoms with Gasteiger partial charge in [0, 0.05) is 17.6 Å². The van der Waals surface area contributed by atoms with Crippen LogP contribution >= 0.6 is 0 Å². The van der Waals surface area contributed by atoms with Crippen LogP contribution in [0.15, 0.2) is 33.6 Å². The van der Waals surface area contributed by atoms with Gasteiger partial charge in [0.05, 0.1) is 0 Å². The molecule has 2 aliphatic rings. The number of sulfonamides is 1. The highest BCUT2D eigenvalue weighted by Gasteiger charge is 2.36. The van der Waals surface area contributed by atoms with Gasteiger partial charge in [0.15, 0.2) is 5.84 Å². The molecule has 2 atom stereocenters. The molecule has 3 rings (SSSR count). The van der Waals surface area contributed by atoms with Crippen LogP contribution < -0.4 is 0 Å². The Morgan fingerprint density at radius 2 is 1.79 bits per heavy atom. The van der Waals surface area contributed by atoms with Crippen LogP contribution in [0.1, 0.15) is 38.7 Å². The Morgan fingerprint density at radius 1 is 1.16 bits per heavy atom. The molecule has 1 fully saturated rings. The first-order chi connectivity index (χ1) is 9.00. The number of likely N-dealkylation sites (tertiary alicyclic amines) is 1. The molecule has 0 N–H and O–H groups in total. The molecule has 19 heavy (non-hydrogen) atoms. The molecule has 0 saturated carbocycles. The average Bonchev–Trinajstić information content (AvgIpc) is 2.62. The van der Waals surface area contributed by atoms with Crippen molar-refractivity contribution in [1.82, 2.24) is 4.90 Å². The summed E-state index contributed by atoms with van der Waals surface area (Å²) >= 11 is 0. The molecule has 2 aliphatic heterocycles. The van der Waals surface area contributed by atoms with Crippen molar-refractivity contribution >= 4 is 15.9 Å². The molecule has 0 radical (unpaired) electrons. The maximum Gasteiger partial charge on any atom is 0.285 e. The average molecular weight is 278 g/mol. The summed E-state index contributed by atoms with van der Waals surface area (Å²) in [7, 11) is -3.50. The molecule has 0 spiro atoms. The second-order valence-corrected chi connectivity index (χ2v) is 6.99. The van der Waals surface area contributed by atoms with E-state index >= 15 is 0 Å². The van der Waals surface area contributed by atoms with E-state index in [-0.39, 0.29) is 0 Å². The van der Waals surface area contributed by atoms with Crippen LogP contribution in [0.5, 0.6) is 0 Å². The summed E-state index contributed by atoms with van der Waals surface area (Å²) in [6.45, 7) is 4.29. The number of hydrogen-bond acceptors (Lipinski definition) is 3. The standard InChI is InChI=1S/C14H18N2O2S/c1-10-6-5-7-11(2)16(10)14-12-8-3-4-9-13(12)19(17,18)15-14/h3-4,8-11H,5-7H2,1-2H3/t10-,11+. The second kappa shape index (κ2) is 4.34. The predicted octanol–water partition coefficient (Wildman–Crippen LogP) is 2.40. The maximum absolute atomic E-state index is 12.1. The van der Waals surface area contributed by atoms with E-state index in [1.54, 1.807) is 12.1 Å². The van der Waals surface area contributed by atoms with Crippen molar-refractivity contribution in [1.29, 1.82) is 0 Å². The highest BCUT2D eigenvalue weighted by atomic mass is 32.2. The summed E-state index contributed by atoms with van der Waals surface area (Å²) in [4.78, 5) is 2.52. The largest absolute Gasteiger partial charge is 0.350 e. The van der Waals surface area contributed by atoms with Crippen molar-refractivity contribution < 1.29 is 8.42 Å². The Bertz CT molecular complexity index is 627. The monoisotopic (exact) mass is 278 g/mol. The number of piperidine rings is 1. The fourth-order valence-electron chi connectivity index (χ4n) is 3.11. The van der Waals surface area contributed by atoms with Gasteiger partial charge in [-0.25, -0.2) is 0 Å². The third kappa shape index (κ3) is 1.96. The number of benzene rings is 1. The van der Waals surface area contributed by atoms with Crippen LogP contribution in [-0.2, 0) is 10.0 Å². The van der Waals surface area contributed by atoms with Gasteiger partial charge in [-0.05, 0) is 45.2 Å². The summed E-state index contributed by atoms with van der Waals surface area (Å²) in [5.41, 5.74) is 0.753. The lowest BCUT2D eigenvalue weighted by atomic mass is 9.96. The Balaban J connectivity index is 2.11. The van der Waals surface area contributed by atoms with E-state index in [0.717, 1.165) is 18.4 Å². The lowest BCUT2D eigenvalue weighted by Gasteiger charge is -2.40. The van der Waals surface area contributed by atoms with Crippen molar-refractivity contribution in [3.63, 3.8) is 0 Å². The zero-order valence-corrected chi connectivity index (χ0v) is 12.0. The quantitative estimate of drug-likeness (QED) is 0.732. The Labute approximate surface area is 114 Å². The summed E-state index contributed by atoms with van der Waals surface area (Å²) in [5, 5.41) is 0. The van der Waals surface area contributed by atoms with Gasteiger partial charge in [0.1, 0.15) is 4.90 Å². The molecule has 1 aromatic carbocycles. The highest BCUT2D eigenvalue weighted by molar-refractivity contribution is 7.90. The van der Waals surface area contributed by atoms with Crippen LogP contribution in [0.4, 0.5) is 0 Å². The minimum absolute atomic E-state index is 0.337. The minimum Gasteiger partial charge on any atom is -0.350 e. The Hall–Kier alpha value is -1.36. The normalized spacial score (nSPS) is 28.9. The summed E-state index contributed by atoms with van der Waals surface area (Å²) in [5.74, 6) is 0.635. The molecule has 0 aliphatic carbocycles. The third-order valence-corrected chi connectivity index (χ3v) is 5.38. The molecule has 4 nitrogen and oxygen atoms in total. The molecule has 102 valence electrons. The van der Waals surface area contributed by atoms with Crippen molar-refractivity contribution in [2.75, 3.05) is 0 Å².